The van der Waals surface area contributed by atoms with E-state index >= 15 is 0 Å². The van der Waals surface area contributed by atoms with Gasteiger partial charge < -0.3 is 11.1 Å². The number of nitrogens with two attached hydrogens (primary N) is 1. The number of amides is 1. The van der Waals surface area contributed by atoms with Crippen LogP contribution < -0.4 is 11.1 Å². The molecule has 0 unspecified atom stereocenters. The molecule has 1 aliphatic carbocycles. The van der Waals surface area contributed by atoms with E-state index in [0.717, 1.165) is 34.7 Å². The number of nitrogen functional groups attached to an aromatic ring is 1. The molecular formula is C15H19N3OS. The van der Waals surface area contributed by atoms with E-state index < -0.39 is 0 Å². The number of nitrogens with one attached hydrogen (secondary N) is 1. The van der Waals surface area contributed by atoms with Crippen molar-refractivity contribution in [3.05, 3.63) is 22.7 Å². The normalized spacial score (nSPS) is 14.7. The molecule has 0 spiro atoms. The molecule has 1 saturated carbocycles. The van der Waals surface area contributed by atoms with Gasteiger partial charge in [-0.25, -0.2) is 4.98 Å². The number of anilines is 1. The molecule has 2 heterocycles. The lowest BCUT2D eigenvalue weighted by Crippen LogP contribution is -2.24. The highest BCUT2D eigenvalue weighted by Crippen LogP contribution is 2.34. The van der Waals surface area contributed by atoms with E-state index in [4.69, 9.17) is 5.73 Å². The third-order valence-corrected chi connectivity index (χ3v) is 4.93. The van der Waals surface area contributed by atoms with Crippen molar-refractivity contribution >= 4 is 33.1 Å². The molecule has 2 aromatic rings. The monoisotopic (exact) mass is 289 g/mol. The minimum Gasteiger partial charge on any atom is -0.397 e. The van der Waals surface area contributed by atoms with Crippen LogP contribution in [-0.4, -0.2) is 17.4 Å². The predicted octanol–water partition coefficient (Wildman–Crippen LogP) is 3.11. The molecule has 5 heteroatoms. The van der Waals surface area contributed by atoms with Gasteiger partial charge in [0.05, 0.1) is 5.69 Å². The Morgan fingerprint density at radius 1 is 1.55 bits per heavy atom. The second kappa shape index (κ2) is 5.40. The van der Waals surface area contributed by atoms with Gasteiger partial charge in [-0.1, -0.05) is 12.8 Å². The number of carbonyl (C=O) groups excluding carboxylic acids is 1. The van der Waals surface area contributed by atoms with Gasteiger partial charge in [0.2, 0.25) is 0 Å². The zero-order valence-corrected chi connectivity index (χ0v) is 12.4. The predicted molar refractivity (Wildman–Crippen MR) is 83.1 cm³/mol. The van der Waals surface area contributed by atoms with Crippen molar-refractivity contribution in [2.45, 2.75) is 32.6 Å². The Hall–Kier alpha value is -1.62. The Balaban J connectivity index is 1.70. The number of carbonyl (C=O) groups is 1. The molecule has 0 saturated heterocycles. The summed E-state index contributed by atoms with van der Waals surface area (Å²) in [5.41, 5.74) is 7.74. The number of pyridine rings is 1. The lowest BCUT2D eigenvalue weighted by Gasteiger charge is -2.04. The molecule has 0 aromatic carbocycles. The molecule has 1 fully saturated rings. The molecule has 4 nitrogen and oxygen atoms in total. The molecule has 2 aromatic heterocycles. The zero-order valence-electron chi connectivity index (χ0n) is 11.6. The molecular weight excluding hydrogens is 270 g/mol. The van der Waals surface area contributed by atoms with Crippen molar-refractivity contribution in [3.8, 4) is 0 Å². The van der Waals surface area contributed by atoms with Crippen LogP contribution in [-0.2, 0) is 0 Å². The van der Waals surface area contributed by atoms with Crippen LogP contribution in [0.5, 0.6) is 0 Å². The standard InChI is InChI=1S/C15H19N3OS/c1-9-6-8-18-15-11(9)12(16)13(20-15)14(19)17-7-2-3-10-4-5-10/h6,8,10H,2-5,7,16H2,1H3,(H,17,19). The number of hydrogen-bond acceptors (Lipinski definition) is 4. The maximum atomic E-state index is 12.2. The number of hydrogen-bond donors (Lipinski definition) is 2. The Morgan fingerprint density at radius 2 is 2.35 bits per heavy atom. The Bertz CT molecular complexity index is 646. The van der Waals surface area contributed by atoms with E-state index in [1.807, 2.05) is 13.0 Å². The van der Waals surface area contributed by atoms with Gasteiger partial charge in [0.1, 0.15) is 9.71 Å². The molecule has 3 rings (SSSR count). The van der Waals surface area contributed by atoms with Crippen LogP contribution in [0.1, 0.15) is 40.9 Å². The number of aryl methyl sites for hydroxylation is 1. The molecule has 1 aliphatic rings. The van der Waals surface area contributed by atoms with Crippen molar-refractivity contribution in [2.75, 3.05) is 12.3 Å². The van der Waals surface area contributed by atoms with Gasteiger partial charge in [-0.3, -0.25) is 4.79 Å². The summed E-state index contributed by atoms with van der Waals surface area (Å²) in [4.78, 5) is 17.9. The van der Waals surface area contributed by atoms with Gasteiger partial charge in [-0.05, 0) is 37.3 Å². The average molecular weight is 289 g/mol. The summed E-state index contributed by atoms with van der Waals surface area (Å²) >= 11 is 1.37. The molecule has 1 amide bonds. The number of nitrogens with zero attached hydrogens (tertiary/aromatic N) is 1. The first-order valence-electron chi connectivity index (χ1n) is 7.08. The van der Waals surface area contributed by atoms with Gasteiger partial charge >= 0.3 is 0 Å². The van der Waals surface area contributed by atoms with Crippen LogP contribution in [0.3, 0.4) is 0 Å². The van der Waals surface area contributed by atoms with Crippen molar-refractivity contribution in [1.82, 2.24) is 10.3 Å². The summed E-state index contributed by atoms with van der Waals surface area (Å²) in [6.45, 7) is 2.72. The first-order valence-corrected chi connectivity index (χ1v) is 7.90. The average Bonchev–Trinajstić information content (AvgIpc) is 3.18. The fraction of sp³-hybridized carbons (Fsp3) is 0.467. The summed E-state index contributed by atoms with van der Waals surface area (Å²) in [5.74, 6) is 0.842. The van der Waals surface area contributed by atoms with Crippen LogP contribution in [0, 0.1) is 12.8 Å². The van der Waals surface area contributed by atoms with Gasteiger partial charge in [-0.15, -0.1) is 11.3 Å². The highest BCUT2D eigenvalue weighted by atomic mass is 32.1. The van der Waals surface area contributed by atoms with Gasteiger partial charge in [0.15, 0.2) is 0 Å². The highest BCUT2D eigenvalue weighted by Gasteiger charge is 2.21. The maximum Gasteiger partial charge on any atom is 0.263 e. The third kappa shape index (κ3) is 2.63. The Labute approximate surface area is 122 Å². The van der Waals surface area contributed by atoms with Crippen LogP contribution in [0.15, 0.2) is 12.3 Å². The largest absolute Gasteiger partial charge is 0.397 e. The van der Waals surface area contributed by atoms with E-state index in [0.29, 0.717) is 10.6 Å². The van der Waals surface area contributed by atoms with Crippen molar-refractivity contribution in [1.29, 1.82) is 0 Å². The van der Waals surface area contributed by atoms with Gasteiger partial charge in [0.25, 0.3) is 5.91 Å². The summed E-state index contributed by atoms with van der Waals surface area (Å²) in [6.07, 6.45) is 6.76. The topological polar surface area (TPSA) is 68.0 Å². The second-order valence-corrected chi connectivity index (χ2v) is 6.49. The Morgan fingerprint density at radius 3 is 3.05 bits per heavy atom. The summed E-state index contributed by atoms with van der Waals surface area (Å²) in [6, 6.07) is 1.92. The fourth-order valence-electron chi connectivity index (χ4n) is 2.45. The van der Waals surface area contributed by atoms with E-state index in [-0.39, 0.29) is 5.91 Å². The third-order valence-electron chi connectivity index (χ3n) is 3.82. The molecule has 0 radical (unpaired) electrons. The molecule has 0 bridgehead atoms. The van der Waals surface area contributed by atoms with Crippen molar-refractivity contribution in [3.63, 3.8) is 0 Å². The molecule has 106 valence electrons. The minimum atomic E-state index is -0.0688. The van der Waals surface area contributed by atoms with Crippen LogP contribution in [0.4, 0.5) is 5.69 Å². The molecule has 0 aliphatic heterocycles. The molecule has 20 heavy (non-hydrogen) atoms. The number of thiophene rings is 1. The van der Waals surface area contributed by atoms with Crippen molar-refractivity contribution < 1.29 is 4.79 Å². The SMILES string of the molecule is Cc1ccnc2sc(C(=O)NCCCC3CC3)c(N)c12. The van der Waals surface area contributed by atoms with E-state index in [9.17, 15) is 4.79 Å². The van der Waals surface area contributed by atoms with Crippen molar-refractivity contribution in [2.24, 2.45) is 5.92 Å². The zero-order chi connectivity index (χ0) is 14.1. The first kappa shape index (κ1) is 13.4. The lowest BCUT2D eigenvalue weighted by molar-refractivity contribution is 0.0957. The number of rotatable bonds is 5. The van der Waals surface area contributed by atoms with E-state index in [2.05, 4.69) is 10.3 Å². The van der Waals surface area contributed by atoms with E-state index in [1.54, 1.807) is 6.20 Å². The number of aromatic nitrogens is 1. The van der Waals surface area contributed by atoms with Gasteiger partial charge in [-0.2, -0.15) is 0 Å². The summed E-state index contributed by atoms with van der Waals surface area (Å²) in [7, 11) is 0. The summed E-state index contributed by atoms with van der Waals surface area (Å²) in [5, 5.41) is 3.88. The quantitative estimate of drug-likeness (QED) is 0.831. The second-order valence-electron chi connectivity index (χ2n) is 5.49. The van der Waals surface area contributed by atoms with E-state index in [1.165, 1.54) is 30.6 Å². The van der Waals surface area contributed by atoms with Crippen LogP contribution in [0.25, 0.3) is 10.2 Å². The smallest absolute Gasteiger partial charge is 0.263 e. The lowest BCUT2D eigenvalue weighted by atomic mass is 10.1. The van der Waals surface area contributed by atoms with Crippen LogP contribution in [0.2, 0.25) is 0 Å². The number of fused-ring (bicyclic) bond motifs is 1. The molecule has 3 N–H and O–H groups in total. The molecule has 0 atom stereocenters. The fourth-order valence-corrected chi connectivity index (χ4v) is 3.51. The van der Waals surface area contributed by atoms with Gasteiger partial charge in [0, 0.05) is 18.1 Å². The minimum absolute atomic E-state index is 0.0688. The Kier molecular flexibility index (Phi) is 3.61. The highest BCUT2D eigenvalue weighted by molar-refractivity contribution is 7.21. The first-order chi connectivity index (χ1) is 9.66. The summed E-state index contributed by atoms with van der Waals surface area (Å²) < 4.78 is 0. The van der Waals surface area contributed by atoms with Crippen LogP contribution >= 0.6 is 11.3 Å². The maximum absolute atomic E-state index is 12.2.